The Morgan fingerprint density at radius 1 is 1.10 bits per heavy atom. The van der Waals surface area contributed by atoms with E-state index in [0.29, 0.717) is 22.2 Å². The highest BCUT2D eigenvalue weighted by Crippen LogP contribution is 2.33. The van der Waals surface area contributed by atoms with Gasteiger partial charge >= 0.3 is 0 Å². The average molecular weight is 445 g/mol. The number of benzene rings is 2. The van der Waals surface area contributed by atoms with Crippen LogP contribution in [0.25, 0.3) is 0 Å². The molecule has 0 atom stereocenters. The zero-order valence-corrected chi connectivity index (χ0v) is 18.1. The molecule has 0 fully saturated rings. The molecular formula is C21H20N2O5S2. The van der Waals surface area contributed by atoms with Crippen molar-refractivity contribution in [2.45, 2.75) is 11.5 Å². The van der Waals surface area contributed by atoms with E-state index >= 15 is 0 Å². The van der Waals surface area contributed by atoms with Crippen molar-refractivity contribution in [3.05, 3.63) is 58.6 Å². The van der Waals surface area contributed by atoms with Gasteiger partial charge in [-0.1, -0.05) is 0 Å². The van der Waals surface area contributed by atoms with E-state index in [1.807, 2.05) is 23.6 Å². The van der Waals surface area contributed by atoms with Crippen LogP contribution in [0.4, 0.5) is 5.13 Å². The van der Waals surface area contributed by atoms with Gasteiger partial charge in [-0.2, -0.15) is 11.8 Å². The molecule has 9 heteroatoms. The topological polar surface area (TPSA) is 78.9 Å². The normalized spacial score (nSPS) is 11.9. The first kappa shape index (κ1) is 20.4. The summed E-state index contributed by atoms with van der Waals surface area (Å²) in [7, 11) is 3.28. The van der Waals surface area contributed by atoms with Crippen molar-refractivity contribution in [3.8, 4) is 23.0 Å². The maximum absolute atomic E-state index is 12.5. The molecule has 30 heavy (non-hydrogen) atoms. The summed E-state index contributed by atoms with van der Waals surface area (Å²) in [5, 5.41) is 5.36. The van der Waals surface area contributed by atoms with Gasteiger partial charge < -0.3 is 18.9 Å². The number of nitrogens with one attached hydrogen (secondary N) is 1. The number of nitrogens with zero attached hydrogens (tertiary/aromatic N) is 1. The summed E-state index contributed by atoms with van der Waals surface area (Å²) in [5.41, 5.74) is 2.53. The van der Waals surface area contributed by atoms with Crippen LogP contribution in [0.15, 0.2) is 41.8 Å². The lowest BCUT2D eigenvalue weighted by atomic mass is 10.2. The number of carbonyl (C=O) groups is 1. The molecule has 2 heterocycles. The van der Waals surface area contributed by atoms with E-state index in [1.54, 1.807) is 44.2 Å². The first-order valence-corrected chi connectivity index (χ1v) is 11.1. The van der Waals surface area contributed by atoms with E-state index in [1.165, 1.54) is 11.3 Å². The van der Waals surface area contributed by atoms with Gasteiger partial charge in [0.25, 0.3) is 5.91 Å². The van der Waals surface area contributed by atoms with Gasteiger partial charge in [0.05, 0.1) is 19.9 Å². The number of fused-ring (bicyclic) bond motifs is 1. The van der Waals surface area contributed by atoms with Gasteiger partial charge in [0.1, 0.15) is 11.5 Å². The van der Waals surface area contributed by atoms with Crippen molar-refractivity contribution in [1.82, 2.24) is 4.98 Å². The Morgan fingerprint density at radius 3 is 2.63 bits per heavy atom. The SMILES string of the molecule is COc1cc(CSCc2csc(NC(=O)c3ccc4c(c3)OCO4)n2)cc(OC)c1. The average Bonchev–Trinajstić information content (AvgIpc) is 3.42. The largest absolute Gasteiger partial charge is 0.497 e. The zero-order chi connectivity index (χ0) is 20.9. The van der Waals surface area contributed by atoms with Crippen LogP contribution in [-0.4, -0.2) is 31.9 Å². The van der Waals surface area contributed by atoms with Crippen LogP contribution in [0.5, 0.6) is 23.0 Å². The van der Waals surface area contributed by atoms with E-state index < -0.39 is 0 Å². The Hall–Kier alpha value is -2.91. The monoisotopic (exact) mass is 444 g/mol. The molecule has 1 N–H and O–H groups in total. The molecule has 2 aromatic carbocycles. The number of rotatable bonds is 8. The third kappa shape index (κ3) is 4.80. The number of carbonyl (C=O) groups excluding carboxylic acids is 1. The first-order chi connectivity index (χ1) is 14.6. The van der Waals surface area contributed by atoms with E-state index in [0.717, 1.165) is 34.3 Å². The summed E-state index contributed by atoms with van der Waals surface area (Å²) in [6.07, 6.45) is 0. The van der Waals surface area contributed by atoms with Gasteiger partial charge in [-0.3, -0.25) is 10.1 Å². The molecule has 0 bridgehead atoms. The molecule has 0 radical (unpaired) electrons. The minimum absolute atomic E-state index is 0.177. The molecule has 1 aromatic heterocycles. The highest BCUT2D eigenvalue weighted by molar-refractivity contribution is 7.97. The van der Waals surface area contributed by atoms with Crippen molar-refractivity contribution in [2.75, 3.05) is 26.3 Å². The number of hydrogen-bond donors (Lipinski definition) is 1. The molecule has 1 aliphatic heterocycles. The zero-order valence-electron chi connectivity index (χ0n) is 16.5. The Kier molecular flexibility index (Phi) is 6.29. The van der Waals surface area contributed by atoms with Crippen LogP contribution in [0.1, 0.15) is 21.6 Å². The van der Waals surface area contributed by atoms with Crippen molar-refractivity contribution in [1.29, 1.82) is 0 Å². The molecule has 1 amide bonds. The molecule has 4 rings (SSSR count). The molecule has 0 saturated carbocycles. The fourth-order valence-corrected chi connectivity index (χ4v) is 4.53. The number of amides is 1. The predicted octanol–water partition coefficient (Wildman–Crippen LogP) is 4.57. The lowest BCUT2D eigenvalue weighted by molar-refractivity contribution is 0.102. The van der Waals surface area contributed by atoms with Crippen LogP contribution in [0.3, 0.4) is 0 Å². The van der Waals surface area contributed by atoms with Crippen LogP contribution < -0.4 is 24.3 Å². The highest BCUT2D eigenvalue weighted by Gasteiger charge is 2.17. The van der Waals surface area contributed by atoms with Gasteiger partial charge in [-0.05, 0) is 35.9 Å². The molecule has 0 aliphatic carbocycles. The fraction of sp³-hybridized carbons (Fsp3) is 0.238. The third-order valence-corrected chi connectivity index (χ3v) is 6.18. The van der Waals surface area contributed by atoms with Gasteiger partial charge in [-0.25, -0.2) is 4.98 Å². The standard InChI is InChI=1S/C21H20N2O5S2/c1-25-16-5-13(6-17(8-16)26-2)9-29-10-15-11-30-21(22-15)23-20(24)14-3-4-18-19(7-14)28-12-27-18/h3-8,11H,9-10,12H2,1-2H3,(H,22,23,24). The van der Waals surface area contributed by atoms with Gasteiger partial charge in [0.15, 0.2) is 16.6 Å². The number of anilines is 1. The lowest BCUT2D eigenvalue weighted by Gasteiger charge is -2.08. The molecule has 3 aromatic rings. The van der Waals surface area contributed by atoms with E-state index in [-0.39, 0.29) is 12.7 Å². The summed E-state index contributed by atoms with van der Waals surface area (Å²) < 4.78 is 21.2. The van der Waals surface area contributed by atoms with Crippen molar-refractivity contribution < 1.29 is 23.7 Å². The Labute approximate surface area is 182 Å². The van der Waals surface area contributed by atoms with Gasteiger partial charge in [0, 0.05) is 28.5 Å². The first-order valence-electron chi connectivity index (χ1n) is 9.09. The highest BCUT2D eigenvalue weighted by atomic mass is 32.2. The third-order valence-electron chi connectivity index (χ3n) is 4.34. The Morgan fingerprint density at radius 2 is 1.87 bits per heavy atom. The smallest absolute Gasteiger partial charge is 0.257 e. The molecular weight excluding hydrogens is 424 g/mol. The summed E-state index contributed by atoms with van der Waals surface area (Å²) in [4.78, 5) is 17.0. The molecule has 7 nitrogen and oxygen atoms in total. The maximum Gasteiger partial charge on any atom is 0.257 e. The van der Waals surface area contributed by atoms with Crippen molar-refractivity contribution >= 4 is 34.1 Å². The second-order valence-electron chi connectivity index (χ2n) is 6.38. The van der Waals surface area contributed by atoms with Crippen molar-refractivity contribution in [3.63, 3.8) is 0 Å². The summed E-state index contributed by atoms with van der Waals surface area (Å²) in [6, 6.07) is 10.9. The molecule has 0 saturated heterocycles. The molecule has 156 valence electrons. The number of thiazole rings is 1. The Balaban J connectivity index is 1.32. The number of ether oxygens (including phenoxy) is 4. The predicted molar refractivity (Wildman–Crippen MR) is 117 cm³/mol. The molecule has 0 unspecified atom stereocenters. The second-order valence-corrected chi connectivity index (χ2v) is 8.22. The second kappa shape index (κ2) is 9.27. The summed E-state index contributed by atoms with van der Waals surface area (Å²) >= 11 is 3.13. The van der Waals surface area contributed by atoms with Crippen LogP contribution in [0.2, 0.25) is 0 Å². The number of aromatic nitrogens is 1. The number of thioether (sulfide) groups is 1. The Bertz CT molecular complexity index is 1030. The summed E-state index contributed by atoms with van der Waals surface area (Å²) in [5.74, 6) is 4.06. The van der Waals surface area contributed by atoms with Gasteiger partial charge in [0.2, 0.25) is 6.79 Å². The minimum atomic E-state index is -0.231. The van der Waals surface area contributed by atoms with E-state index in [2.05, 4.69) is 10.3 Å². The lowest BCUT2D eigenvalue weighted by Crippen LogP contribution is -2.11. The van der Waals surface area contributed by atoms with Crippen molar-refractivity contribution in [2.24, 2.45) is 0 Å². The molecule has 0 spiro atoms. The quantitative estimate of drug-likeness (QED) is 0.545. The van der Waals surface area contributed by atoms with Crippen LogP contribution >= 0.6 is 23.1 Å². The maximum atomic E-state index is 12.5. The van der Waals surface area contributed by atoms with Crippen LogP contribution in [0, 0.1) is 0 Å². The van der Waals surface area contributed by atoms with E-state index in [4.69, 9.17) is 18.9 Å². The number of hydrogen-bond acceptors (Lipinski definition) is 8. The van der Waals surface area contributed by atoms with E-state index in [9.17, 15) is 4.79 Å². The van der Waals surface area contributed by atoms with Gasteiger partial charge in [-0.15, -0.1) is 11.3 Å². The fourth-order valence-electron chi connectivity index (χ4n) is 2.86. The minimum Gasteiger partial charge on any atom is -0.497 e. The molecule has 1 aliphatic rings. The number of methoxy groups -OCH3 is 2. The summed E-state index contributed by atoms with van der Waals surface area (Å²) in [6.45, 7) is 0.177. The van der Waals surface area contributed by atoms with Crippen LogP contribution in [-0.2, 0) is 11.5 Å².